The van der Waals surface area contributed by atoms with Crippen molar-refractivity contribution in [1.29, 1.82) is 0 Å². The fourth-order valence-electron chi connectivity index (χ4n) is 3.11. The zero-order valence-electron chi connectivity index (χ0n) is 14.1. The Morgan fingerprint density at radius 1 is 1.09 bits per heavy atom. The summed E-state index contributed by atoms with van der Waals surface area (Å²) in [6.07, 6.45) is 5.51. The molecule has 22 heavy (non-hydrogen) atoms. The minimum Gasteiger partial charge on any atom is -0.395 e. The molecule has 0 aliphatic carbocycles. The average molecular weight is 305 g/mol. The van der Waals surface area contributed by atoms with Crippen molar-refractivity contribution < 1.29 is 10.2 Å². The smallest absolute Gasteiger partial charge is 0.0790 e. The van der Waals surface area contributed by atoms with Crippen molar-refractivity contribution in [1.82, 2.24) is 4.90 Å². The highest BCUT2D eigenvalue weighted by atomic mass is 16.3. The molecule has 1 aromatic carbocycles. The molecule has 0 bridgehead atoms. The highest BCUT2D eigenvalue weighted by Gasteiger charge is 2.19. The van der Waals surface area contributed by atoms with Crippen LogP contribution in [-0.2, 0) is 5.41 Å². The molecule has 124 valence electrons. The van der Waals surface area contributed by atoms with Crippen molar-refractivity contribution in [3.8, 4) is 0 Å². The maximum Gasteiger partial charge on any atom is 0.0790 e. The van der Waals surface area contributed by atoms with Crippen molar-refractivity contribution >= 4 is 0 Å². The zero-order chi connectivity index (χ0) is 16.0. The van der Waals surface area contributed by atoms with Crippen LogP contribution in [0.4, 0.5) is 0 Å². The van der Waals surface area contributed by atoms with Crippen molar-refractivity contribution in [2.75, 3.05) is 26.2 Å². The highest BCUT2D eigenvalue weighted by Crippen LogP contribution is 2.25. The van der Waals surface area contributed by atoms with E-state index in [1.165, 1.54) is 32.4 Å². The summed E-state index contributed by atoms with van der Waals surface area (Å²) in [7, 11) is 0. The predicted octanol–water partition coefficient (Wildman–Crippen LogP) is 3.26. The number of rotatable bonds is 7. The van der Waals surface area contributed by atoms with Crippen molar-refractivity contribution in [2.45, 2.75) is 57.5 Å². The van der Waals surface area contributed by atoms with Gasteiger partial charge >= 0.3 is 0 Å². The van der Waals surface area contributed by atoms with Crippen molar-refractivity contribution in [3.63, 3.8) is 0 Å². The van der Waals surface area contributed by atoms with Crippen LogP contribution in [-0.4, -0.2) is 41.4 Å². The van der Waals surface area contributed by atoms with E-state index in [-0.39, 0.29) is 18.1 Å². The summed E-state index contributed by atoms with van der Waals surface area (Å²) >= 11 is 0. The maximum atomic E-state index is 10.3. The summed E-state index contributed by atoms with van der Waals surface area (Å²) in [6.45, 7) is 7.73. The number of nitrogens with zero attached hydrogens (tertiary/aromatic N) is 1. The molecule has 0 saturated carbocycles. The Hall–Kier alpha value is -0.900. The van der Waals surface area contributed by atoms with E-state index >= 15 is 0 Å². The molecule has 1 heterocycles. The van der Waals surface area contributed by atoms with Gasteiger partial charge in [0.25, 0.3) is 0 Å². The lowest BCUT2D eigenvalue weighted by Gasteiger charge is -2.26. The third-order valence-electron chi connectivity index (χ3n) is 4.87. The Labute approximate surface area is 135 Å². The van der Waals surface area contributed by atoms with Crippen LogP contribution in [0.25, 0.3) is 0 Å². The minimum absolute atomic E-state index is 0.130. The molecule has 1 saturated heterocycles. The zero-order valence-corrected chi connectivity index (χ0v) is 14.1. The van der Waals surface area contributed by atoms with Crippen LogP contribution in [0.1, 0.15) is 63.2 Å². The van der Waals surface area contributed by atoms with Gasteiger partial charge in [-0.15, -0.1) is 0 Å². The highest BCUT2D eigenvalue weighted by molar-refractivity contribution is 5.29. The summed E-state index contributed by atoms with van der Waals surface area (Å²) in [5.41, 5.74) is 1.87. The van der Waals surface area contributed by atoms with Crippen LogP contribution < -0.4 is 0 Å². The molecule has 2 N–H and O–H groups in total. The first-order valence-corrected chi connectivity index (χ1v) is 8.64. The van der Waals surface area contributed by atoms with Gasteiger partial charge in [-0.05, 0) is 56.4 Å². The largest absolute Gasteiger partial charge is 0.395 e. The number of piperidine rings is 1. The molecular formula is C19H31NO2. The fraction of sp³-hybridized carbons (Fsp3) is 0.684. The second-order valence-corrected chi connectivity index (χ2v) is 7.22. The van der Waals surface area contributed by atoms with Crippen LogP contribution in [0.3, 0.4) is 0 Å². The van der Waals surface area contributed by atoms with Crippen molar-refractivity contribution in [2.24, 2.45) is 0 Å². The number of hydrogen-bond donors (Lipinski definition) is 2. The summed E-state index contributed by atoms with van der Waals surface area (Å²) in [5.74, 6) is 0. The Balaban J connectivity index is 1.80. The molecular weight excluding hydrogens is 274 g/mol. The van der Waals surface area contributed by atoms with Crippen LogP contribution >= 0.6 is 0 Å². The van der Waals surface area contributed by atoms with Gasteiger partial charge in [0, 0.05) is 5.41 Å². The van der Waals surface area contributed by atoms with E-state index in [1.807, 2.05) is 38.1 Å². The number of aliphatic hydroxyl groups excluding tert-OH is 2. The van der Waals surface area contributed by atoms with Gasteiger partial charge in [0.2, 0.25) is 0 Å². The van der Waals surface area contributed by atoms with E-state index < -0.39 is 0 Å². The van der Waals surface area contributed by atoms with Crippen LogP contribution in [0, 0.1) is 0 Å². The SMILES string of the molecule is CC(C)(CO)c1ccc(C(O)CCCN2CCCCC2)cc1. The van der Waals surface area contributed by atoms with Crippen LogP contribution in [0.5, 0.6) is 0 Å². The summed E-state index contributed by atoms with van der Waals surface area (Å²) in [6, 6.07) is 8.05. The second kappa shape index (κ2) is 8.09. The van der Waals surface area contributed by atoms with E-state index in [0.717, 1.165) is 30.5 Å². The van der Waals surface area contributed by atoms with Gasteiger partial charge in [-0.25, -0.2) is 0 Å². The third kappa shape index (κ3) is 4.80. The first-order valence-electron chi connectivity index (χ1n) is 8.64. The normalized spacial score (nSPS) is 18.4. The van der Waals surface area contributed by atoms with E-state index in [0.29, 0.717) is 0 Å². The van der Waals surface area contributed by atoms with Crippen LogP contribution in [0.15, 0.2) is 24.3 Å². The van der Waals surface area contributed by atoms with Gasteiger partial charge in [-0.1, -0.05) is 44.5 Å². The molecule has 1 atom stereocenters. The Kier molecular flexibility index (Phi) is 6.42. The first kappa shape index (κ1) is 17.5. The number of hydrogen-bond acceptors (Lipinski definition) is 3. The molecule has 1 unspecified atom stereocenters. The lowest BCUT2D eigenvalue weighted by atomic mass is 9.85. The summed E-state index contributed by atoms with van der Waals surface area (Å²) < 4.78 is 0. The Morgan fingerprint density at radius 3 is 2.32 bits per heavy atom. The summed E-state index contributed by atoms with van der Waals surface area (Å²) in [4.78, 5) is 2.52. The standard InChI is InChI=1S/C19H31NO2/c1-19(2,15-21)17-10-8-16(9-11-17)18(22)7-6-14-20-12-4-3-5-13-20/h8-11,18,21-22H,3-7,12-15H2,1-2H3. The Morgan fingerprint density at radius 2 is 1.73 bits per heavy atom. The molecule has 3 nitrogen and oxygen atoms in total. The molecule has 0 spiro atoms. The minimum atomic E-state index is -0.379. The molecule has 0 amide bonds. The topological polar surface area (TPSA) is 43.7 Å². The van der Waals surface area contributed by atoms with Gasteiger partial charge in [0.05, 0.1) is 12.7 Å². The molecule has 1 aromatic rings. The van der Waals surface area contributed by atoms with Gasteiger partial charge < -0.3 is 15.1 Å². The lowest BCUT2D eigenvalue weighted by Crippen LogP contribution is -2.30. The number of benzene rings is 1. The van der Waals surface area contributed by atoms with Gasteiger partial charge in [0.15, 0.2) is 0 Å². The van der Waals surface area contributed by atoms with Crippen LogP contribution in [0.2, 0.25) is 0 Å². The van der Waals surface area contributed by atoms with E-state index in [2.05, 4.69) is 4.90 Å². The third-order valence-corrected chi connectivity index (χ3v) is 4.87. The Bertz CT molecular complexity index is 435. The molecule has 0 radical (unpaired) electrons. The number of aliphatic hydroxyl groups is 2. The molecule has 1 aliphatic rings. The lowest BCUT2D eigenvalue weighted by molar-refractivity contribution is 0.150. The monoisotopic (exact) mass is 305 g/mol. The molecule has 0 aromatic heterocycles. The quantitative estimate of drug-likeness (QED) is 0.812. The molecule has 1 fully saturated rings. The van der Waals surface area contributed by atoms with Gasteiger partial charge in [0.1, 0.15) is 0 Å². The maximum absolute atomic E-state index is 10.3. The van der Waals surface area contributed by atoms with Crippen molar-refractivity contribution in [3.05, 3.63) is 35.4 Å². The predicted molar refractivity (Wildman–Crippen MR) is 91.0 cm³/mol. The summed E-state index contributed by atoms with van der Waals surface area (Å²) in [5, 5.41) is 19.7. The molecule has 1 aliphatic heterocycles. The van der Waals surface area contributed by atoms with E-state index in [9.17, 15) is 10.2 Å². The first-order chi connectivity index (χ1) is 10.5. The molecule has 3 heteroatoms. The molecule has 2 rings (SSSR count). The number of likely N-dealkylation sites (tertiary alicyclic amines) is 1. The second-order valence-electron chi connectivity index (χ2n) is 7.22. The van der Waals surface area contributed by atoms with E-state index in [4.69, 9.17) is 0 Å². The van der Waals surface area contributed by atoms with Gasteiger partial charge in [-0.2, -0.15) is 0 Å². The van der Waals surface area contributed by atoms with E-state index in [1.54, 1.807) is 0 Å². The average Bonchev–Trinajstić information content (AvgIpc) is 2.56. The van der Waals surface area contributed by atoms with Gasteiger partial charge in [-0.3, -0.25) is 0 Å². The fourth-order valence-corrected chi connectivity index (χ4v) is 3.11.